The maximum atomic E-state index is 13.5. The monoisotopic (exact) mass is 533 g/mol. The second kappa shape index (κ2) is 8.71. The zero-order valence-electron chi connectivity index (χ0n) is 20.6. The van der Waals surface area contributed by atoms with Gasteiger partial charge in [0.25, 0.3) is 5.91 Å². The van der Waals surface area contributed by atoms with Crippen molar-refractivity contribution < 1.29 is 17.6 Å². The molecule has 8 nitrogen and oxygen atoms in total. The van der Waals surface area contributed by atoms with E-state index in [4.69, 9.17) is 11.6 Å². The molecule has 2 bridgehead atoms. The predicted molar refractivity (Wildman–Crippen MR) is 137 cm³/mol. The number of amides is 1. The third-order valence-corrected chi connectivity index (χ3v) is 9.71. The minimum absolute atomic E-state index is 0.00303. The van der Waals surface area contributed by atoms with Crippen molar-refractivity contribution in [1.29, 1.82) is 0 Å². The Morgan fingerprint density at radius 1 is 1.17 bits per heavy atom. The normalized spacial score (nSPS) is 20.5. The van der Waals surface area contributed by atoms with Gasteiger partial charge in [-0.1, -0.05) is 11.6 Å². The lowest BCUT2D eigenvalue weighted by Crippen LogP contribution is -2.55. The summed E-state index contributed by atoms with van der Waals surface area (Å²) in [6.45, 7) is 6.46. The molecule has 11 heteroatoms. The van der Waals surface area contributed by atoms with Crippen molar-refractivity contribution in [3.05, 3.63) is 53.1 Å². The number of halogens is 2. The van der Waals surface area contributed by atoms with Crippen LogP contribution < -0.4 is 4.90 Å². The maximum Gasteiger partial charge on any atom is 0.255 e. The van der Waals surface area contributed by atoms with E-state index < -0.39 is 21.4 Å². The quantitative estimate of drug-likeness (QED) is 0.541. The molecule has 1 N–H and O–H groups in total. The fourth-order valence-corrected chi connectivity index (χ4v) is 6.98. The highest BCUT2D eigenvalue weighted by atomic mass is 35.5. The Morgan fingerprint density at radius 3 is 2.44 bits per heavy atom. The van der Waals surface area contributed by atoms with E-state index in [2.05, 4.69) is 14.9 Å². The first-order valence-corrected chi connectivity index (χ1v) is 13.7. The molecule has 3 heterocycles. The number of H-pyrrole nitrogens is 1. The molecular formula is C25H29ClFN5O3S. The Balaban J connectivity index is 1.50. The summed E-state index contributed by atoms with van der Waals surface area (Å²) < 4.78 is 41.8. The first-order chi connectivity index (χ1) is 16.9. The highest BCUT2D eigenvalue weighted by molar-refractivity contribution is 7.89. The number of rotatable bonds is 4. The van der Waals surface area contributed by atoms with Crippen LogP contribution in [0, 0.1) is 5.82 Å². The van der Waals surface area contributed by atoms with Gasteiger partial charge in [-0.2, -0.15) is 4.31 Å². The SMILES string of the molecule is CN(C(C)(C)C)S(=O)(=O)c1cc(N2[C@@H]3CC[C@H]2CN(C(=O)c2ccc(F)cc2Cl)C3)c2[nH]cnc2c1. The number of fused-ring (bicyclic) bond motifs is 3. The van der Waals surface area contributed by atoms with Crippen LogP contribution >= 0.6 is 11.6 Å². The molecule has 2 atom stereocenters. The van der Waals surface area contributed by atoms with Crippen LogP contribution in [0.25, 0.3) is 11.0 Å². The molecule has 0 aliphatic carbocycles. The van der Waals surface area contributed by atoms with Gasteiger partial charge in [0.1, 0.15) is 5.82 Å². The minimum atomic E-state index is -3.77. The van der Waals surface area contributed by atoms with E-state index in [0.717, 1.165) is 30.1 Å². The average Bonchev–Trinajstić information content (AvgIpc) is 3.38. The summed E-state index contributed by atoms with van der Waals surface area (Å²) in [4.78, 5) is 24.9. The highest BCUT2D eigenvalue weighted by Gasteiger charge is 2.43. The molecule has 0 saturated carbocycles. The number of likely N-dealkylation sites (tertiary alicyclic amines) is 1. The number of aromatic nitrogens is 2. The molecule has 5 rings (SSSR count). The van der Waals surface area contributed by atoms with E-state index in [9.17, 15) is 17.6 Å². The Labute approximate surface area is 215 Å². The molecule has 1 aromatic heterocycles. The molecule has 0 spiro atoms. The topological polar surface area (TPSA) is 89.6 Å². The van der Waals surface area contributed by atoms with Crippen LogP contribution in [-0.4, -0.2) is 71.3 Å². The second-order valence-corrected chi connectivity index (χ2v) is 12.9. The molecule has 2 aliphatic heterocycles. The smallest absolute Gasteiger partial charge is 0.255 e. The van der Waals surface area contributed by atoms with Crippen LogP contribution in [0.1, 0.15) is 44.0 Å². The van der Waals surface area contributed by atoms with Crippen molar-refractivity contribution in [2.45, 2.75) is 56.1 Å². The minimum Gasteiger partial charge on any atom is -0.360 e. The summed E-state index contributed by atoms with van der Waals surface area (Å²) in [6.07, 6.45) is 3.29. The molecule has 3 aromatic rings. The first-order valence-electron chi connectivity index (χ1n) is 11.9. The first kappa shape index (κ1) is 25.0. The van der Waals surface area contributed by atoms with E-state index in [0.29, 0.717) is 18.6 Å². The van der Waals surface area contributed by atoms with E-state index in [1.807, 2.05) is 20.8 Å². The van der Waals surface area contributed by atoms with Gasteiger partial charge in [0.15, 0.2) is 0 Å². The Kier molecular flexibility index (Phi) is 6.04. The molecule has 2 fully saturated rings. The molecule has 192 valence electrons. The summed E-state index contributed by atoms with van der Waals surface area (Å²) >= 11 is 6.16. The van der Waals surface area contributed by atoms with Crippen molar-refractivity contribution in [2.24, 2.45) is 0 Å². The number of nitrogens with one attached hydrogen (secondary N) is 1. The lowest BCUT2D eigenvalue weighted by Gasteiger charge is -2.43. The zero-order valence-corrected chi connectivity index (χ0v) is 22.2. The van der Waals surface area contributed by atoms with Crippen LogP contribution in [0.5, 0.6) is 0 Å². The number of sulfonamides is 1. The fraction of sp³-hybridized carbons (Fsp3) is 0.440. The van der Waals surface area contributed by atoms with Crippen LogP contribution in [-0.2, 0) is 10.0 Å². The number of hydrogen-bond donors (Lipinski definition) is 1. The van der Waals surface area contributed by atoms with Gasteiger partial charge in [0.05, 0.1) is 38.5 Å². The largest absolute Gasteiger partial charge is 0.360 e. The molecule has 36 heavy (non-hydrogen) atoms. The van der Waals surface area contributed by atoms with Crippen LogP contribution in [0.15, 0.2) is 41.6 Å². The van der Waals surface area contributed by atoms with E-state index in [1.54, 1.807) is 30.4 Å². The fourth-order valence-electron chi connectivity index (χ4n) is 5.17. The number of benzene rings is 2. The van der Waals surface area contributed by atoms with Crippen molar-refractivity contribution in [1.82, 2.24) is 19.2 Å². The summed E-state index contributed by atoms with van der Waals surface area (Å²) in [6, 6.07) is 7.12. The number of aromatic amines is 1. The Morgan fingerprint density at radius 2 is 1.83 bits per heavy atom. The average molecular weight is 534 g/mol. The van der Waals surface area contributed by atoms with Crippen molar-refractivity contribution in [3.63, 3.8) is 0 Å². The molecule has 0 radical (unpaired) electrons. The number of hydrogen-bond acceptors (Lipinski definition) is 5. The predicted octanol–water partition coefficient (Wildman–Crippen LogP) is 4.27. The van der Waals surface area contributed by atoms with Crippen molar-refractivity contribution in [3.8, 4) is 0 Å². The van der Waals surface area contributed by atoms with Gasteiger partial charge >= 0.3 is 0 Å². The van der Waals surface area contributed by atoms with Crippen LogP contribution in [0.3, 0.4) is 0 Å². The van der Waals surface area contributed by atoms with Gasteiger partial charge < -0.3 is 14.8 Å². The number of anilines is 1. The van der Waals surface area contributed by atoms with Gasteiger partial charge in [0.2, 0.25) is 10.0 Å². The highest BCUT2D eigenvalue weighted by Crippen LogP contribution is 2.40. The third kappa shape index (κ3) is 4.14. The van der Waals surface area contributed by atoms with Gasteiger partial charge in [-0.05, 0) is 63.9 Å². The second-order valence-electron chi connectivity index (χ2n) is 10.5. The summed E-state index contributed by atoms with van der Waals surface area (Å²) in [5.41, 5.74) is 1.80. The van der Waals surface area contributed by atoms with E-state index in [1.165, 1.54) is 16.4 Å². The van der Waals surface area contributed by atoms with Crippen LogP contribution in [0.2, 0.25) is 5.02 Å². The number of piperazine rings is 1. The summed E-state index contributed by atoms with van der Waals surface area (Å²) in [5, 5.41) is 0.0924. The zero-order chi connectivity index (χ0) is 26.0. The molecular weight excluding hydrogens is 505 g/mol. The van der Waals surface area contributed by atoms with Gasteiger partial charge in [-0.3, -0.25) is 4.79 Å². The molecule has 2 aliphatic rings. The lowest BCUT2D eigenvalue weighted by molar-refractivity contribution is 0.0718. The lowest BCUT2D eigenvalue weighted by atomic mass is 10.1. The number of carbonyl (C=O) groups excluding carboxylic acids is 1. The number of imidazole rings is 1. The van der Waals surface area contributed by atoms with Crippen molar-refractivity contribution >= 4 is 44.3 Å². The van der Waals surface area contributed by atoms with Crippen molar-refractivity contribution in [2.75, 3.05) is 25.0 Å². The Bertz CT molecular complexity index is 1440. The standard InChI is InChI=1S/C25H29ClFN5O3S/c1-25(2,3)30(4)36(34,35)18-10-21-23(29-14-28-21)22(11-18)32-16-6-7-17(32)13-31(12-16)24(33)19-8-5-15(27)9-20(19)26/h5,8-11,14,16-17H,6-7,12-13H2,1-4H3,(H,28,29)/t16-,17+. The van der Waals surface area contributed by atoms with Crippen LogP contribution in [0.4, 0.5) is 10.1 Å². The molecule has 1 amide bonds. The van der Waals surface area contributed by atoms with Gasteiger partial charge in [0, 0.05) is 37.8 Å². The van der Waals surface area contributed by atoms with E-state index in [-0.39, 0.29) is 33.5 Å². The Hall–Kier alpha value is -2.69. The molecule has 2 aromatic carbocycles. The number of carbonyl (C=O) groups is 1. The molecule has 2 saturated heterocycles. The summed E-state index contributed by atoms with van der Waals surface area (Å²) in [5.74, 6) is -0.719. The summed E-state index contributed by atoms with van der Waals surface area (Å²) in [7, 11) is -2.19. The molecule has 0 unspecified atom stereocenters. The maximum absolute atomic E-state index is 13.5. The van der Waals surface area contributed by atoms with E-state index >= 15 is 0 Å². The third-order valence-electron chi connectivity index (χ3n) is 7.29. The van der Waals surface area contributed by atoms with Gasteiger partial charge in [-0.15, -0.1) is 0 Å². The van der Waals surface area contributed by atoms with Gasteiger partial charge in [-0.25, -0.2) is 17.8 Å². The number of nitrogens with zero attached hydrogens (tertiary/aromatic N) is 4.